The highest BCUT2D eigenvalue weighted by Gasteiger charge is 2.35. The van der Waals surface area contributed by atoms with Crippen molar-refractivity contribution in [3.63, 3.8) is 0 Å². The van der Waals surface area contributed by atoms with Gasteiger partial charge in [0.1, 0.15) is 0 Å². The molecule has 0 aromatic heterocycles. The van der Waals surface area contributed by atoms with Crippen LogP contribution in [0.1, 0.15) is 50.7 Å². The van der Waals surface area contributed by atoms with Gasteiger partial charge in [-0.15, -0.1) is 0 Å². The molecule has 0 saturated heterocycles. The molecule has 0 atom stereocenters. The fourth-order valence-electron chi connectivity index (χ4n) is 1.51. The molecule has 0 amide bonds. The van der Waals surface area contributed by atoms with Crippen LogP contribution in [0.2, 0.25) is 0 Å². The first kappa shape index (κ1) is 10.3. The Bertz CT molecular complexity index is 411. The quantitative estimate of drug-likeness (QED) is 0.599. The van der Waals surface area contributed by atoms with E-state index >= 15 is 0 Å². The van der Waals surface area contributed by atoms with Crippen molar-refractivity contribution in [3.8, 4) is 11.8 Å². The zero-order valence-corrected chi connectivity index (χ0v) is 9.80. The van der Waals surface area contributed by atoms with Crippen molar-refractivity contribution in [2.45, 2.75) is 39.5 Å². The smallest absolute Gasteiger partial charge is 0.0291 e. The summed E-state index contributed by atoms with van der Waals surface area (Å²) < 4.78 is 0. The average molecular weight is 198 g/mol. The third-order valence-electron chi connectivity index (χ3n) is 3.06. The Morgan fingerprint density at radius 3 is 2.60 bits per heavy atom. The van der Waals surface area contributed by atoms with Crippen LogP contribution in [0.25, 0.3) is 0 Å². The van der Waals surface area contributed by atoms with E-state index in [9.17, 15) is 0 Å². The second-order valence-electron chi connectivity index (χ2n) is 5.09. The summed E-state index contributed by atoms with van der Waals surface area (Å²) in [5, 5.41) is 0. The van der Waals surface area contributed by atoms with Crippen LogP contribution in [0.3, 0.4) is 0 Å². The number of rotatable bonds is 1. The molecule has 15 heavy (non-hydrogen) atoms. The van der Waals surface area contributed by atoms with Crippen LogP contribution in [0.5, 0.6) is 0 Å². The first-order valence-corrected chi connectivity index (χ1v) is 5.72. The van der Waals surface area contributed by atoms with Gasteiger partial charge in [0.2, 0.25) is 0 Å². The number of hydrogen-bond donors (Lipinski definition) is 0. The van der Waals surface area contributed by atoms with Crippen LogP contribution in [0, 0.1) is 17.3 Å². The fraction of sp³-hybridized carbons (Fsp3) is 0.467. The van der Waals surface area contributed by atoms with Gasteiger partial charge in [0.25, 0.3) is 0 Å². The third kappa shape index (κ3) is 2.63. The Morgan fingerprint density at radius 2 is 2.00 bits per heavy atom. The Hall–Kier alpha value is -1.22. The lowest BCUT2D eigenvalue weighted by atomic mass is 10.0. The molecule has 1 saturated carbocycles. The topological polar surface area (TPSA) is 0 Å². The molecule has 1 aliphatic rings. The van der Waals surface area contributed by atoms with Crippen molar-refractivity contribution < 1.29 is 0 Å². The Labute approximate surface area is 92.7 Å². The van der Waals surface area contributed by atoms with Gasteiger partial charge in [-0.2, -0.15) is 0 Å². The molecule has 0 aliphatic heterocycles. The Balaban J connectivity index is 2.20. The molecule has 1 aliphatic carbocycles. The monoisotopic (exact) mass is 198 g/mol. The molecule has 0 heteroatoms. The van der Waals surface area contributed by atoms with E-state index in [4.69, 9.17) is 0 Å². The third-order valence-corrected chi connectivity index (χ3v) is 3.06. The SMILES string of the molecule is CC(C)c1cccc(C#CC2(C)CC2)c1. The van der Waals surface area contributed by atoms with Crippen molar-refractivity contribution in [3.05, 3.63) is 35.4 Å². The molecule has 0 radical (unpaired) electrons. The maximum Gasteiger partial charge on any atom is 0.0291 e. The Morgan fingerprint density at radius 1 is 1.27 bits per heavy atom. The van der Waals surface area contributed by atoms with Crippen molar-refractivity contribution in [2.75, 3.05) is 0 Å². The van der Waals surface area contributed by atoms with Gasteiger partial charge in [-0.05, 0) is 43.4 Å². The lowest BCUT2D eigenvalue weighted by molar-refractivity contribution is 0.783. The summed E-state index contributed by atoms with van der Waals surface area (Å²) in [6, 6.07) is 8.59. The van der Waals surface area contributed by atoms with E-state index in [1.54, 1.807) is 0 Å². The largest absolute Gasteiger partial charge is 0.0914 e. The Kier molecular flexibility index (Phi) is 2.57. The van der Waals surface area contributed by atoms with Gasteiger partial charge in [0.15, 0.2) is 0 Å². The van der Waals surface area contributed by atoms with E-state index in [-0.39, 0.29) is 0 Å². The molecular formula is C15H18. The van der Waals surface area contributed by atoms with Gasteiger partial charge in [-0.1, -0.05) is 37.8 Å². The first-order valence-electron chi connectivity index (χ1n) is 5.72. The maximum absolute atomic E-state index is 3.37. The molecule has 2 rings (SSSR count). The molecule has 0 bridgehead atoms. The minimum Gasteiger partial charge on any atom is -0.0914 e. The maximum atomic E-state index is 3.37. The molecule has 0 nitrogen and oxygen atoms in total. The zero-order chi connectivity index (χ0) is 10.9. The predicted octanol–water partition coefficient (Wildman–Crippen LogP) is 3.96. The van der Waals surface area contributed by atoms with Gasteiger partial charge in [0, 0.05) is 11.0 Å². The van der Waals surface area contributed by atoms with Crippen LogP contribution in [0.15, 0.2) is 24.3 Å². The van der Waals surface area contributed by atoms with E-state index < -0.39 is 0 Å². The van der Waals surface area contributed by atoms with Gasteiger partial charge < -0.3 is 0 Å². The molecular weight excluding hydrogens is 180 g/mol. The highest BCUT2D eigenvalue weighted by atomic mass is 14.4. The van der Waals surface area contributed by atoms with E-state index in [1.165, 1.54) is 18.4 Å². The lowest BCUT2D eigenvalue weighted by Crippen LogP contribution is -1.89. The predicted molar refractivity (Wildman–Crippen MR) is 64.8 cm³/mol. The molecule has 1 fully saturated rings. The highest BCUT2D eigenvalue weighted by Crippen LogP contribution is 2.44. The summed E-state index contributed by atoms with van der Waals surface area (Å²) in [5.74, 6) is 7.24. The lowest BCUT2D eigenvalue weighted by Gasteiger charge is -2.04. The van der Waals surface area contributed by atoms with Crippen molar-refractivity contribution in [2.24, 2.45) is 5.41 Å². The summed E-state index contributed by atoms with van der Waals surface area (Å²) >= 11 is 0. The molecule has 0 heterocycles. The number of benzene rings is 1. The highest BCUT2D eigenvalue weighted by molar-refractivity contribution is 5.39. The normalized spacial score (nSPS) is 17.1. The summed E-state index contributed by atoms with van der Waals surface area (Å²) in [6.45, 7) is 6.68. The van der Waals surface area contributed by atoms with E-state index in [0.29, 0.717) is 11.3 Å². The van der Waals surface area contributed by atoms with Crippen LogP contribution in [0.4, 0.5) is 0 Å². The zero-order valence-electron chi connectivity index (χ0n) is 9.80. The van der Waals surface area contributed by atoms with Crippen molar-refractivity contribution >= 4 is 0 Å². The van der Waals surface area contributed by atoms with Gasteiger partial charge in [0.05, 0.1) is 0 Å². The van der Waals surface area contributed by atoms with Gasteiger partial charge >= 0.3 is 0 Å². The molecule has 0 unspecified atom stereocenters. The minimum absolute atomic E-state index is 0.327. The van der Waals surface area contributed by atoms with Gasteiger partial charge in [-0.3, -0.25) is 0 Å². The molecule has 78 valence electrons. The van der Waals surface area contributed by atoms with E-state index in [2.05, 4.69) is 56.9 Å². The summed E-state index contributed by atoms with van der Waals surface area (Å²) in [7, 11) is 0. The number of hydrogen-bond acceptors (Lipinski definition) is 0. The molecule has 0 N–H and O–H groups in total. The summed E-state index contributed by atoms with van der Waals surface area (Å²) in [6.07, 6.45) is 2.54. The molecule has 0 spiro atoms. The molecule has 1 aromatic carbocycles. The summed E-state index contributed by atoms with van der Waals surface area (Å²) in [5.41, 5.74) is 2.87. The molecule has 1 aromatic rings. The van der Waals surface area contributed by atoms with Crippen LogP contribution in [-0.4, -0.2) is 0 Å². The fourth-order valence-corrected chi connectivity index (χ4v) is 1.51. The average Bonchev–Trinajstić information content (AvgIpc) is 2.95. The van der Waals surface area contributed by atoms with Crippen molar-refractivity contribution in [1.82, 2.24) is 0 Å². The van der Waals surface area contributed by atoms with E-state index in [0.717, 1.165) is 5.56 Å². The second-order valence-corrected chi connectivity index (χ2v) is 5.09. The van der Waals surface area contributed by atoms with Gasteiger partial charge in [-0.25, -0.2) is 0 Å². The second kappa shape index (κ2) is 3.74. The minimum atomic E-state index is 0.327. The summed E-state index contributed by atoms with van der Waals surface area (Å²) in [4.78, 5) is 0. The van der Waals surface area contributed by atoms with Crippen molar-refractivity contribution in [1.29, 1.82) is 0 Å². The standard InChI is InChI=1S/C15H18/c1-12(2)14-6-4-5-13(11-14)7-8-15(3)9-10-15/h4-6,11-12H,9-10H2,1-3H3. The van der Waals surface area contributed by atoms with Crippen LogP contribution < -0.4 is 0 Å². The van der Waals surface area contributed by atoms with Crippen LogP contribution >= 0.6 is 0 Å². The first-order chi connectivity index (χ1) is 7.09. The van der Waals surface area contributed by atoms with Crippen LogP contribution in [-0.2, 0) is 0 Å². The van der Waals surface area contributed by atoms with E-state index in [1.807, 2.05) is 0 Å².